The van der Waals surface area contributed by atoms with Gasteiger partial charge in [-0.3, -0.25) is 10.9 Å². The molecule has 0 aliphatic heterocycles. The van der Waals surface area contributed by atoms with E-state index in [9.17, 15) is 0 Å². The number of hydrazone groups is 2. The summed E-state index contributed by atoms with van der Waals surface area (Å²) in [5, 5.41) is 9.09. The molecule has 1 saturated carbocycles. The summed E-state index contributed by atoms with van der Waals surface area (Å²) >= 11 is 0. The molecule has 4 nitrogen and oxygen atoms in total. The zero-order valence-corrected chi connectivity index (χ0v) is 12.5. The zero-order chi connectivity index (χ0) is 15.0. The quantitative estimate of drug-likeness (QED) is 0.815. The number of nitrogens with one attached hydrogen (secondary N) is 2. The first-order valence-electron chi connectivity index (χ1n) is 7.67. The molecule has 2 aromatic carbocycles. The van der Waals surface area contributed by atoms with Crippen molar-refractivity contribution in [1.82, 2.24) is 0 Å². The molecule has 2 N–H and O–H groups in total. The number of hydrogen-bond acceptors (Lipinski definition) is 4. The minimum absolute atomic E-state index is 0.967. The second-order valence-electron chi connectivity index (χ2n) is 5.28. The molecule has 3 rings (SSSR count). The van der Waals surface area contributed by atoms with E-state index < -0.39 is 0 Å². The van der Waals surface area contributed by atoms with Crippen molar-refractivity contribution in [1.29, 1.82) is 0 Å². The third-order valence-electron chi connectivity index (χ3n) is 3.60. The lowest BCUT2D eigenvalue weighted by atomic mass is 9.96. The normalized spacial score (nSPS) is 18.4. The van der Waals surface area contributed by atoms with E-state index in [0.717, 1.165) is 35.6 Å². The number of rotatable bonds is 4. The van der Waals surface area contributed by atoms with Gasteiger partial charge in [0.15, 0.2) is 0 Å². The maximum Gasteiger partial charge on any atom is 0.0839 e. The topological polar surface area (TPSA) is 48.8 Å². The number of benzene rings is 2. The standard InChI is InChI=1S/C18H20N4/c1-3-9-15(10-4-1)19-21-17-13-7-8-14-18(17)22-20-16-11-5-2-6-12-16/h1-6,9-12,19-20H,7-8,13-14H2/b21-17-,22-18+. The lowest BCUT2D eigenvalue weighted by Gasteiger charge is -2.16. The van der Waals surface area contributed by atoms with Gasteiger partial charge in [-0.2, -0.15) is 10.2 Å². The lowest BCUT2D eigenvalue weighted by Crippen LogP contribution is -2.21. The Labute approximate surface area is 131 Å². The Bertz CT molecular complexity index is 588. The minimum atomic E-state index is 0.967. The van der Waals surface area contributed by atoms with E-state index in [-0.39, 0.29) is 0 Å². The molecule has 0 atom stereocenters. The molecule has 0 bridgehead atoms. The van der Waals surface area contributed by atoms with Gasteiger partial charge in [0.05, 0.1) is 22.8 Å². The van der Waals surface area contributed by atoms with E-state index in [1.54, 1.807) is 0 Å². The van der Waals surface area contributed by atoms with Crippen LogP contribution >= 0.6 is 0 Å². The summed E-state index contributed by atoms with van der Waals surface area (Å²) in [5.41, 5.74) is 10.3. The Morgan fingerprint density at radius 2 is 1.00 bits per heavy atom. The van der Waals surface area contributed by atoms with Gasteiger partial charge < -0.3 is 0 Å². The minimum Gasteiger partial charge on any atom is -0.278 e. The van der Waals surface area contributed by atoms with Crippen LogP contribution in [0.1, 0.15) is 25.7 Å². The predicted molar refractivity (Wildman–Crippen MR) is 93.5 cm³/mol. The van der Waals surface area contributed by atoms with Crippen molar-refractivity contribution < 1.29 is 0 Å². The number of para-hydroxylation sites is 2. The molecule has 1 aliphatic rings. The number of hydrogen-bond donors (Lipinski definition) is 2. The van der Waals surface area contributed by atoms with Crippen molar-refractivity contribution in [2.75, 3.05) is 10.9 Å². The van der Waals surface area contributed by atoms with Gasteiger partial charge in [0.25, 0.3) is 0 Å². The highest BCUT2D eigenvalue weighted by molar-refractivity contribution is 6.43. The van der Waals surface area contributed by atoms with Gasteiger partial charge in [0.2, 0.25) is 0 Å². The molecule has 4 heteroatoms. The summed E-state index contributed by atoms with van der Waals surface area (Å²) in [6.07, 6.45) is 4.27. The highest BCUT2D eigenvalue weighted by Gasteiger charge is 2.15. The van der Waals surface area contributed by atoms with E-state index in [4.69, 9.17) is 0 Å². The first kappa shape index (κ1) is 14.3. The number of anilines is 2. The van der Waals surface area contributed by atoms with Crippen LogP contribution < -0.4 is 10.9 Å². The molecule has 22 heavy (non-hydrogen) atoms. The maximum absolute atomic E-state index is 4.54. The van der Waals surface area contributed by atoms with E-state index in [1.165, 1.54) is 12.8 Å². The Balaban J connectivity index is 1.70. The fourth-order valence-corrected chi connectivity index (χ4v) is 2.40. The first-order valence-corrected chi connectivity index (χ1v) is 7.67. The van der Waals surface area contributed by atoms with Crippen LogP contribution in [0, 0.1) is 0 Å². The van der Waals surface area contributed by atoms with E-state index in [0.29, 0.717) is 0 Å². The second-order valence-corrected chi connectivity index (χ2v) is 5.28. The van der Waals surface area contributed by atoms with E-state index >= 15 is 0 Å². The van der Waals surface area contributed by atoms with Crippen molar-refractivity contribution in [2.24, 2.45) is 10.2 Å². The van der Waals surface area contributed by atoms with Gasteiger partial charge in [-0.1, -0.05) is 36.4 Å². The predicted octanol–water partition coefficient (Wildman–Crippen LogP) is 4.50. The summed E-state index contributed by atoms with van der Waals surface area (Å²) in [6.45, 7) is 0. The summed E-state index contributed by atoms with van der Waals surface area (Å²) < 4.78 is 0. The Morgan fingerprint density at radius 1 is 0.591 bits per heavy atom. The molecule has 2 aromatic rings. The van der Waals surface area contributed by atoms with Crippen LogP contribution in [-0.4, -0.2) is 11.4 Å². The molecule has 0 saturated heterocycles. The average molecular weight is 292 g/mol. The molecule has 112 valence electrons. The fraction of sp³-hybridized carbons (Fsp3) is 0.222. The SMILES string of the molecule is c1ccc(N/N=C2/CCCC/C2=N\Nc2ccccc2)cc1. The largest absolute Gasteiger partial charge is 0.278 e. The molecule has 0 aromatic heterocycles. The Hall–Kier alpha value is -2.62. The molecular formula is C18H20N4. The van der Waals surface area contributed by atoms with Crippen molar-refractivity contribution in [3.05, 3.63) is 60.7 Å². The summed E-state index contributed by atoms with van der Waals surface area (Å²) in [5.74, 6) is 0. The third kappa shape index (κ3) is 3.95. The lowest BCUT2D eigenvalue weighted by molar-refractivity contribution is 0.774. The summed E-state index contributed by atoms with van der Waals surface area (Å²) in [6, 6.07) is 20.0. The number of nitrogens with zero attached hydrogens (tertiary/aromatic N) is 2. The van der Waals surface area contributed by atoms with Crippen LogP contribution in [0.3, 0.4) is 0 Å². The van der Waals surface area contributed by atoms with Crippen LogP contribution in [-0.2, 0) is 0 Å². The molecule has 0 heterocycles. The molecule has 0 unspecified atom stereocenters. The first-order chi connectivity index (χ1) is 10.9. The highest BCUT2D eigenvalue weighted by atomic mass is 15.3. The molecule has 1 aliphatic carbocycles. The van der Waals surface area contributed by atoms with E-state index in [1.807, 2.05) is 60.7 Å². The van der Waals surface area contributed by atoms with Crippen molar-refractivity contribution in [2.45, 2.75) is 25.7 Å². The average Bonchev–Trinajstić information content (AvgIpc) is 2.61. The van der Waals surface area contributed by atoms with Gasteiger partial charge in [0.1, 0.15) is 0 Å². The van der Waals surface area contributed by atoms with E-state index in [2.05, 4.69) is 21.1 Å². The monoisotopic (exact) mass is 292 g/mol. The van der Waals surface area contributed by atoms with Crippen molar-refractivity contribution >= 4 is 22.8 Å². The molecule has 0 spiro atoms. The summed E-state index contributed by atoms with van der Waals surface area (Å²) in [7, 11) is 0. The van der Waals surface area contributed by atoms with Crippen LogP contribution in [0.5, 0.6) is 0 Å². The van der Waals surface area contributed by atoms with Crippen LogP contribution in [0.4, 0.5) is 11.4 Å². The van der Waals surface area contributed by atoms with Crippen molar-refractivity contribution in [3.63, 3.8) is 0 Å². The van der Waals surface area contributed by atoms with Gasteiger partial charge in [-0.15, -0.1) is 0 Å². The molecule has 0 radical (unpaired) electrons. The van der Waals surface area contributed by atoms with Gasteiger partial charge in [-0.05, 0) is 49.9 Å². The van der Waals surface area contributed by atoms with Crippen molar-refractivity contribution in [3.8, 4) is 0 Å². The van der Waals surface area contributed by atoms with Gasteiger partial charge in [0, 0.05) is 0 Å². The van der Waals surface area contributed by atoms with Crippen LogP contribution in [0.2, 0.25) is 0 Å². The Morgan fingerprint density at radius 3 is 1.41 bits per heavy atom. The molecule has 1 fully saturated rings. The summed E-state index contributed by atoms with van der Waals surface area (Å²) in [4.78, 5) is 0. The zero-order valence-electron chi connectivity index (χ0n) is 12.5. The van der Waals surface area contributed by atoms with Gasteiger partial charge >= 0.3 is 0 Å². The molecular weight excluding hydrogens is 272 g/mol. The van der Waals surface area contributed by atoms with Crippen LogP contribution in [0.25, 0.3) is 0 Å². The van der Waals surface area contributed by atoms with Gasteiger partial charge in [-0.25, -0.2) is 0 Å². The smallest absolute Gasteiger partial charge is 0.0839 e. The molecule has 0 amide bonds. The highest BCUT2D eigenvalue weighted by Crippen LogP contribution is 2.15. The van der Waals surface area contributed by atoms with Crippen LogP contribution in [0.15, 0.2) is 70.9 Å². The fourth-order valence-electron chi connectivity index (χ4n) is 2.40. The second kappa shape index (κ2) is 7.41. The third-order valence-corrected chi connectivity index (χ3v) is 3.60. The Kier molecular flexibility index (Phi) is 4.82. The maximum atomic E-state index is 4.54.